The molecule has 0 heterocycles. The molecular formula is C10H5FO2. The number of ketones is 2. The van der Waals surface area contributed by atoms with Gasteiger partial charge in [-0.2, -0.15) is 0 Å². The molecule has 0 unspecified atom stereocenters. The molecule has 3 heteroatoms. The van der Waals surface area contributed by atoms with Gasteiger partial charge in [0.25, 0.3) is 0 Å². The van der Waals surface area contributed by atoms with Crippen LogP contribution in [0.4, 0.5) is 4.39 Å². The molecule has 1 aromatic carbocycles. The van der Waals surface area contributed by atoms with E-state index in [0.717, 1.165) is 6.08 Å². The molecule has 0 bridgehead atoms. The summed E-state index contributed by atoms with van der Waals surface area (Å²) in [5, 5.41) is 0. The Hall–Kier alpha value is -1.77. The molecule has 0 spiro atoms. The van der Waals surface area contributed by atoms with Crippen molar-refractivity contribution in [2.45, 2.75) is 0 Å². The van der Waals surface area contributed by atoms with Crippen molar-refractivity contribution in [3.05, 3.63) is 41.2 Å². The highest BCUT2D eigenvalue weighted by Crippen LogP contribution is 2.19. The molecule has 0 amide bonds. The van der Waals surface area contributed by atoms with Gasteiger partial charge in [-0.3, -0.25) is 9.59 Å². The fourth-order valence-corrected chi connectivity index (χ4v) is 1.27. The molecule has 2 nitrogen and oxygen atoms in total. The van der Waals surface area contributed by atoms with Gasteiger partial charge >= 0.3 is 0 Å². The molecule has 0 aromatic heterocycles. The highest BCUT2D eigenvalue weighted by Gasteiger charge is 2.22. The first-order chi connectivity index (χ1) is 6.20. The molecule has 0 N–H and O–H groups in total. The number of hydrogen-bond acceptors (Lipinski definition) is 2. The van der Waals surface area contributed by atoms with Crippen LogP contribution in [0, 0.1) is 5.82 Å². The van der Waals surface area contributed by atoms with E-state index in [0.29, 0.717) is 0 Å². The minimum Gasteiger partial charge on any atom is -0.286 e. The van der Waals surface area contributed by atoms with E-state index in [1.54, 1.807) is 0 Å². The summed E-state index contributed by atoms with van der Waals surface area (Å²) >= 11 is 0. The highest BCUT2D eigenvalue weighted by atomic mass is 19.1. The van der Waals surface area contributed by atoms with Crippen LogP contribution in [0.15, 0.2) is 24.3 Å². The van der Waals surface area contributed by atoms with Crippen molar-refractivity contribution in [1.29, 1.82) is 0 Å². The van der Waals surface area contributed by atoms with E-state index in [4.69, 9.17) is 0 Å². The lowest BCUT2D eigenvalue weighted by Gasteiger charge is -2.07. The number of carbonyl (C=O) groups excluding carboxylic acids is 2. The second kappa shape index (κ2) is 2.62. The Balaban J connectivity index is 2.72. The monoisotopic (exact) mass is 176 g/mol. The van der Waals surface area contributed by atoms with E-state index in [2.05, 4.69) is 0 Å². The number of fused-ring (bicyclic) bond motifs is 1. The number of rotatable bonds is 0. The highest BCUT2D eigenvalue weighted by molar-refractivity contribution is 6.49. The largest absolute Gasteiger partial charge is 0.286 e. The third kappa shape index (κ3) is 1.09. The number of halogens is 1. The predicted octanol–water partition coefficient (Wildman–Crippen LogP) is 1.60. The van der Waals surface area contributed by atoms with E-state index in [1.807, 2.05) is 0 Å². The van der Waals surface area contributed by atoms with Crippen molar-refractivity contribution >= 4 is 17.6 Å². The Kier molecular flexibility index (Phi) is 1.59. The third-order valence-electron chi connectivity index (χ3n) is 1.92. The fourth-order valence-electron chi connectivity index (χ4n) is 1.27. The van der Waals surface area contributed by atoms with E-state index in [-0.39, 0.29) is 11.1 Å². The Morgan fingerprint density at radius 1 is 1.08 bits per heavy atom. The number of benzene rings is 1. The van der Waals surface area contributed by atoms with E-state index in [1.165, 1.54) is 24.3 Å². The van der Waals surface area contributed by atoms with E-state index >= 15 is 0 Å². The first-order valence-corrected chi connectivity index (χ1v) is 3.75. The Labute approximate surface area is 73.7 Å². The van der Waals surface area contributed by atoms with Crippen molar-refractivity contribution in [2.24, 2.45) is 0 Å². The SMILES string of the molecule is O=C1C=Cc2c(F)cccc2C1=O. The molecule has 13 heavy (non-hydrogen) atoms. The maximum Gasteiger partial charge on any atom is 0.233 e. The van der Waals surface area contributed by atoms with Crippen LogP contribution in [0.5, 0.6) is 0 Å². The second-order valence-electron chi connectivity index (χ2n) is 2.73. The first kappa shape index (κ1) is 7.86. The minimum absolute atomic E-state index is 0.146. The molecule has 2 rings (SSSR count). The van der Waals surface area contributed by atoms with Crippen LogP contribution in [0.3, 0.4) is 0 Å². The summed E-state index contributed by atoms with van der Waals surface area (Å²) in [7, 11) is 0. The van der Waals surface area contributed by atoms with Crippen molar-refractivity contribution in [1.82, 2.24) is 0 Å². The zero-order chi connectivity index (χ0) is 9.42. The lowest BCUT2D eigenvalue weighted by Crippen LogP contribution is -2.16. The van der Waals surface area contributed by atoms with Crippen LogP contribution >= 0.6 is 0 Å². The quantitative estimate of drug-likeness (QED) is 0.562. The summed E-state index contributed by atoms with van der Waals surface area (Å²) in [6.07, 6.45) is 2.42. The smallest absolute Gasteiger partial charge is 0.233 e. The molecule has 0 saturated carbocycles. The van der Waals surface area contributed by atoms with Crippen molar-refractivity contribution in [3.8, 4) is 0 Å². The van der Waals surface area contributed by atoms with Gasteiger partial charge < -0.3 is 0 Å². The lowest BCUT2D eigenvalue weighted by molar-refractivity contribution is -0.110. The zero-order valence-electron chi connectivity index (χ0n) is 6.58. The first-order valence-electron chi connectivity index (χ1n) is 3.75. The molecule has 0 aliphatic heterocycles. The second-order valence-corrected chi connectivity index (χ2v) is 2.73. The van der Waals surface area contributed by atoms with Gasteiger partial charge in [0.05, 0.1) is 0 Å². The third-order valence-corrected chi connectivity index (χ3v) is 1.92. The van der Waals surface area contributed by atoms with Crippen molar-refractivity contribution in [3.63, 3.8) is 0 Å². The predicted molar refractivity (Wildman–Crippen MR) is 44.8 cm³/mol. The molecule has 0 fully saturated rings. The summed E-state index contributed by atoms with van der Waals surface area (Å²) < 4.78 is 13.1. The molecule has 1 aliphatic rings. The van der Waals surface area contributed by atoms with Gasteiger partial charge in [-0.25, -0.2) is 4.39 Å². The molecule has 0 radical (unpaired) electrons. The average molecular weight is 176 g/mol. The summed E-state index contributed by atoms with van der Waals surface area (Å²) in [5.74, 6) is -1.72. The maximum absolute atomic E-state index is 13.1. The number of carbonyl (C=O) groups is 2. The van der Waals surface area contributed by atoms with Crippen LogP contribution in [-0.2, 0) is 4.79 Å². The Morgan fingerprint density at radius 2 is 1.85 bits per heavy atom. The summed E-state index contributed by atoms with van der Waals surface area (Å²) in [5.41, 5.74) is 0.347. The fraction of sp³-hybridized carbons (Fsp3) is 0. The van der Waals surface area contributed by atoms with Gasteiger partial charge in [-0.1, -0.05) is 12.1 Å². The van der Waals surface area contributed by atoms with Crippen molar-refractivity contribution < 1.29 is 14.0 Å². The van der Waals surface area contributed by atoms with Crippen molar-refractivity contribution in [2.75, 3.05) is 0 Å². The normalized spacial score (nSPS) is 14.5. The van der Waals surface area contributed by atoms with Crippen LogP contribution in [0.25, 0.3) is 6.08 Å². The standard InChI is InChI=1S/C10H5FO2/c11-8-3-1-2-7-6(8)4-5-9(12)10(7)13/h1-5H. The van der Waals surface area contributed by atoms with E-state index in [9.17, 15) is 14.0 Å². The van der Waals surface area contributed by atoms with Crippen LogP contribution < -0.4 is 0 Å². The van der Waals surface area contributed by atoms with Gasteiger partial charge in [0.1, 0.15) is 5.82 Å². The summed E-state index contributed by atoms with van der Waals surface area (Å²) in [6.45, 7) is 0. The number of allylic oxidation sites excluding steroid dienone is 1. The maximum atomic E-state index is 13.1. The van der Waals surface area contributed by atoms with Gasteiger partial charge in [0.2, 0.25) is 11.6 Å². The Bertz CT molecular complexity index is 433. The molecule has 64 valence electrons. The zero-order valence-corrected chi connectivity index (χ0v) is 6.58. The molecular weight excluding hydrogens is 171 g/mol. The molecule has 1 aromatic rings. The van der Waals surface area contributed by atoms with Gasteiger partial charge in [-0.05, 0) is 18.2 Å². The average Bonchev–Trinajstić information content (AvgIpc) is 2.12. The van der Waals surface area contributed by atoms with Crippen LogP contribution in [0.2, 0.25) is 0 Å². The number of hydrogen-bond donors (Lipinski definition) is 0. The summed E-state index contributed by atoms with van der Waals surface area (Å²) in [6, 6.07) is 4.12. The molecule has 0 saturated heterocycles. The topological polar surface area (TPSA) is 34.1 Å². The number of Topliss-reactive ketones (excluding diaryl/α,β-unsaturated/α-hetero) is 1. The van der Waals surface area contributed by atoms with E-state index < -0.39 is 17.4 Å². The minimum atomic E-state index is -0.642. The van der Waals surface area contributed by atoms with Crippen LogP contribution in [0.1, 0.15) is 15.9 Å². The molecule has 0 atom stereocenters. The van der Waals surface area contributed by atoms with Gasteiger partial charge in [0.15, 0.2) is 0 Å². The molecule has 1 aliphatic carbocycles. The van der Waals surface area contributed by atoms with Gasteiger partial charge in [0, 0.05) is 11.1 Å². The van der Waals surface area contributed by atoms with Gasteiger partial charge in [-0.15, -0.1) is 0 Å². The van der Waals surface area contributed by atoms with Crippen LogP contribution in [-0.4, -0.2) is 11.6 Å². The Morgan fingerprint density at radius 3 is 2.62 bits per heavy atom. The lowest BCUT2D eigenvalue weighted by atomic mass is 9.95. The summed E-state index contributed by atoms with van der Waals surface area (Å²) in [4.78, 5) is 22.1.